The van der Waals surface area contributed by atoms with E-state index in [9.17, 15) is 14.7 Å². The van der Waals surface area contributed by atoms with Gasteiger partial charge in [-0.25, -0.2) is 9.97 Å². The molecule has 7 rings (SSSR count). The van der Waals surface area contributed by atoms with E-state index in [2.05, 4.69) is 32.0 Å². The molecule has 2 aliphatic rings. The van der Waals surface area contributed by atoms with Crippen LogP contribution in [0.1, 0.15) is 36.4 Å². The van der Waals surface area contributed by atoms with Crippen LogP contribution in [0.2, 0.25) is 0 Å². The Bertz CT molecular complexity index is 1910. The van der Waals surface area contributed by atoms with Gasteiger partial charge in [-0.3, -0.25) is 24.0 Å². The van der Waals surface area contributed by atoms with E-state index in [1.54, 1.807) is 25.8 Å². The number of thiophene rings is 1. The summed E-state index contributed by atoms with van der Waals surface area (Å²) in [7, 11) is 1.60. The molecule has 10 nitrogen and oxygen atoms in total. The minimum atomic E-state index is -1.10. The summed E-state index contributed by atoms with van der Waals surface area (Å²) in [6, 6.07) is 20.2. The third-order valence-electron chi connectivity index (χ3n) is 9.63. The maximum Gasteiger partial charge on any atom is 0.262 e. The first-order valence-corrected chi connectivity index (χ1v) is 16.9. The molecule has 5 aromatic rings. The van der Waals surface area contributed by atoms with Gasteiger partial charge in [0.25, 0.3) is 5.56 Å². The summed E-state index contributed by atoms with van der Waals surface area (Å²) in [5.41, 5.74) is 2.37. The zero-order valence-electron chi connectivity index (χ0n) is 26.4. The Labute approximate surface area is 277 Å². The maximum atomic E-state index is 14.1. The molecule has 2 aromatic carbocycles. The quantitative estimate of drug-likeness (QED) is 0.260. The van der Waals surface area contributed by atoms with Crippen molar-refractivity contribution in [1.29, 1.82) is 0 Å². The standard InChI is InChI=1S/C36H38N6O4S/c1-46-33-30(37-15-16-38-33)21-40-17-12-27(28(20-40)25-8-4-2-5-9-25)34(43)41-18-13-36(45,14-19-41)23-42-24-39-31-29(35(42)44)22-47-32(31)26-10-6-3-7-11-26/h2-11,15-16,22,24,27-28,45H,12-14,17-21,23H2,1H3/t27-,28+/m1/s1. The summed E-state index contributed by atoms with van der Waals surface area (Å²) in [5, 5.41) is 14.0. The smallest absolute Gasteiger partial charge is 0.262 e. The molecule has 2 aliphatic heterocycles. The Morgan fingerprint density at radius 1 is 1.00 bits per heavy atom. The van der Waals surface area contributed by atoms with Gasteiger partial charge in [0.15, 0.2) is 0 Å². The molecule has 0 radical (unpaired) electrons. The van der Waals surface area contributed by atoms with Crippen LogP contribution in [0.3, 0.4) is 0 Å². The van der Waals surface area contributed by atoms with Crippen molar-refractivity contribution in [3.8, 4) is 16.3 Å². The van der Waals surface area contributed by atoms with Gasteiger partial charge in [-0.1, -0.05) is 60.7 Å². The highest BCUT2D eigenvalue weighted by atomic mass is 32.1. The van der Waals surface area contributed by atoms with Crippen LogP contribution >= 0.6 is 11.3 Å². The molecule has 242 valence electrons. The first-order chi connectivity index (χ1) is 22.9. The Hall–Kier alpha value is -4.45. The molecule has 1 amide bonds. The van der Waals surface area contributed by atoms with Crippen LogP contribution in [0.4, 0.5) is 0 Å². The average molecular weight is 651 g/mol. The molecule has 0 spiro atoms. The molecule has 11 heteroatoms. The molecule has 2 atom stereocenters. The molecule has 1 N–H and O–H groups in total. The van der Waals surface area contributed by atoms with Gasteiger partial charge in [-0.15, -0.1) is 11.3 Å². The van der Waals surface area contributed by atoms with Gasteiger partial charge in [0.2, 0.25) is 11.8 Å². The predicted octanol–water partition coefficient (Wildman–Crippen LogP) is 4.58. The second-order valence-corrected chi connectivity index (χ2v) is 13.5. The van der Waals surface area contributed by atoms with Crippen LogP contribution in [0.25, 0.3) is 21.3 Å². The minimum absolute atomic E-state index is 0.0173. The molecular weight excluding hydrogens is 613 g/mol. The number of fused-ring (bicyclic) bond motifs is 1. The number of carbonyl (C=O) groups is 1. The number of carbonyl (C=O) groups excluding carboxylic acids is 1. The number of amides is 1. The minimum Gasteiger partial charge on any atom is -0.480 e. The number of rotatable bonds is 8. The van der Waals surface area contributed by atoms with E-state index < -0.39 is 5.60 Å². The van der Waals surface area contributed by atoms with Crippen molar-refractivity contribution in [1.82, 2.24) is 29.3 Å². The zero-order chi connectivity index (χ0) is 32.4. The number of piperidine rings is 2. The first-order valence-electron chi connectivity index (χ1n) is 16.1. The van der Waals surface area contributed by atoms with Crippen molar-refractivity contribution in [3.63, 3.8) is 0 Å². The fourth-order valence-electron chi connectivity index (χ4n) is 7.07. The van der Waals surface area contributed by atoms with E-state index in [1.165, 1.54) is 15.9 Å². The normalized spacial score (nSPS) is 19.9. The average Bonchev–Trinajstić information content (AvgIpc) is 3.55. The highest BCUT2D eigenvalue weighted by molar-refractivity contribution is 7.15. The lowest BCUT2D eigenvalue weighted by Crippen LogP contribution is -2.53. The van der Waals surface area contributed by atoms with Crippen molar-refractivity contribution in [2.75, 3.05) is 33.3 Å². The third kappa shape index (κ3) is 6.43. The summed E-state index contributed by atoms with van der Waals surface area (Å²) >= 11 is 1.50. The van der Waals surface area contributed by atoms with Gasteiger partial charge >= 0.3 is 0 Å². The topological polar surface area (TPSA) is 114 Å². The second-order valence-electron chi connectivity index (χ2n) is 12.6. The highest BCUT2D eigenvalue weighted by Crippen LogP contribution is 2.37. The number of aromatic nitrogens is 4. The molecule has 2 fully saturated rings. The van der Waals surface area contributed by atoms with Crippen LogP contribution in [-0.4, -0.2) is 79.2 Å². The maximum absolute atomic E-state index is 14.1. The summed E-state index contributed by atoms with van der Waals surface area (Å²) in [4.78, 5) is 46.2. The number of hydrogen-bond donors (Lipinski definition) is 1. The van der Waals surface area contributed by atoms with Crippen LogP contribution in [0.15, 0.2) is 89.6 Å². The van der Waals surface area contributed by atoms with E-state index in [4.69, 9.17) is 4.74 Å². The van der Waals surface area contributed by atoms with Gasteiger partial charge in [-0.05, 0) is 36.9 Å². The third-order valence-corrected chi connectivity index (χ3v) is 10.7. The van der Waals surface area contributed by atoms with E-state index in [-0.39, 0.29) is 29.8 Å². The Kier molecular flexibility index (Phi) is 8.85. The number of aliphatic hydroxyl groups is 1. The van der Waals surface area contributed by atoms with Gasteiger partial charge in [0.1, 0.15) is 5.69 Å². The Morgan fingerprint density at radius 3 is 2.47 bits per heavy atom. The van der Waals surface area contributed by atoms with Crippen molar-refractivity contribution >= 4 is 28.1 Å². The zero-order valence-corrected chi connectivity index (χ0v) is 27.2. The monoisotopic (exact) mass is 650 g/mol. The molecule has 0 saturated carbocycles. The lowest BCUT2D eigenvalue weighted by molar-refractivity contribution is -0.142. The van der Waals surface area contributed by atoms with Gasteiger partial charge in [-0.2, -0.15) is 0 Å². The number of nitrogens with zero attached hydrogens (tertiary/aromatic N) is 6. The second kappa shape index (κ2) is 13.3. The Balaban J connectivity index is 1.03. The van der Waals surface area contributed by atoms with Gasteiger partial charge < -0.3 is 14.7 Å². The largest absolute Gasteiger partial charge is 0.480 e. The van der Waals surface area contributed by atoms with Crippen molar-refractivity contribution in [3.05, 3.63) is 106 Å². The van der Waals surface area contributed by atoms with Crippen molar-refractivity contribution in [2.24, 2.45) is 5.92 Å². The van der Waals surface area contributed by atoms with Crippen molar-refractivity contribution < 1.29 is 14.6 Å². The lowest BCUT2D eigenvalue weighted by Gasteiger charge is -2.43. The van der Waals surface area contributed by atoms with Gasteiger partial charge in [0.05, 0.1) is 41.4 Å². The summed E-state index contributed by atoms with van der Waals surface area (Å²) < 4.78 is 6.95. The van der Waals surface area contributed by atoms with Gasteiger partial charge in [0, 0.05) is 55.8 Å². The number of benzene rings is 2. The molecule has 0 bridgehead atoms. The summed E-state index contributed by atoms with van der Waals surface area (Å²) in [5.74, 6) is 0.497. The molecule has 2 saturated heterocycles. The van der Waals surface area contributed by atoms with Crippen molar-refractivity contribution in [2.45, 2.75) is 43.9 Å². The highest BCUT2D eigenvalue weighted by Gasteiger charge is 2.41. The van der Waals surface area contributed by atoms with E-state index in [0.29, 0.717) is 62.2 Å². The predicted molar refractivity (Wildman–Crippen MR) is 181 cm³/mol. The molecule has 47 heavy (non-hydrogen) atoms. The van der Waals surface area contributed by atoms with Crippen LogP contribution in [-0.2, 0) is 17.9 Å². The fourth-order valence-corrected chi connectivity index (χ4v) is 8.06. The molecule has 5 heterocycles. The molecular formula is C36H38N6O4S. The molecule has 0 aliphatic carbocycles. The van der Waals surface area contributed by atoms with Crippen LogP contribution in [0, 0.1) is 5.92 Å². The number of methoxy groups -OCH3 is 1. The molecule has 0 unspecified atom stereocenters. The van der Waals surface area contributed by atoms with Crippen LogP contribution in [0.5, 0.6) is 5.88 Å². The van der Waals surface area contributed by atoms with Crippen LogP contribution < -0.4 is 10.3 Å². The lowest BCUT2D eigenvalue weighted by atomic mass is 9.79. The number of hydrogen-bond acceptors (Lipinski definition) is 9. The fraction of sp³-hybridized carbons (Fsp3) is 0.361. The number of likely N-dealkylation sites (tertiary alicyclic amines) is 2. The van der Waals surface area contributed by atoms with E-state index in [0.717, 1.165) is 28.2 Å². The first kappa shape index (κ1) is 31.2. The SMILES string of the molecule is COc1nccnc1CN1CC[C@@H](C(=O)N2CCC(O)(Cn3cnc4c(-c5ccccc5)scc4c3=O)CC2)[C@H](c2ccccc2)C1. The molecule has 3 aromatic heterocycles. The van der Waals surface area contributed by atoms with E-state index in [1.807, 2.05) is 58.8 Å². The summed E-state index contributed by atoms with van der Waals surface area (Å²) in [6.07, 6.45) is 6.35. The van der Waals surface area contributed by atoms with E-state index >= 15 is 0 Å². The Morgan fingerprint density at radius 2 is 1.72 bits per heavy atom. The number of ether oxygens (including phenoxy) is 1. The summed E-state index contributed by atoms with van der Waals surface area (Å²) in [6.45, 7) is 3.08.